The number of piperidine rings is 1. The lowest BCUT2D eigenvalue weighted by molar-refractivity contribution is -0.121. The van der Waals surface area contributed by atoms with Crippen molar-refractivity contribution in [2.45, 2.75) is 30.7 Å². The van der Waals surface area contributed by atoms with E-state index in [2.05, 4.69) is 20.2 Å². The van der Waals surface area contributed by atoms with Gasteiger partial charge in [-0.2, -0.15) is 0 Å². The standard InChI is InChI=1S/C19H22N4O2/c1-25-17-11-16(20-13-21-17)23-9-7-19(8-10-23)12-15(18(24)22-19)14-5-3-2-4-6-14/h2-6,11,13,15H,7-10,12H2,1H3,(H,22,24)/t15-/m0/s1. The fourth-order valence-corrected chi connectivity index (χ4v) is 3.94. The van der Waals surface area contributed by atoms with E-state index in [0.717, 1.165) is 43.7 Å². The van der Waals surface area contributed by atoms with Gasteiger partial charge in [-0.05, 0) is 24.8 Å². The molecule has 1 amide bonds. The van der Waals surface area contributed by atoms with Gasteiger partial charge in [0.2, 0.25) is 11.8 Å². The maximum Gasteiger partial charge on any atom is 0.228 e. The minimum atomic E-state index is -0.0921. The quantitative estimate of drug-likeness (QED) is 0.929. The summed E-state index contributed by atoms with van der Waals surface area (Å²) in [6.45, 7) is 1.73. The summed E-state index contributed by atoms with van der Waals surface area (Å²) in [5.74, 6) is 1.57. The van der Waals surface area contributed by atoms with E-state index >= 15 is 0 Å². The summed E-state index contributed by atoms with van der Waals surface area (Å²) in [4.78, 5) is 23.2. The van der Waals surface area contributed by atoms with Gasteiger partial charge < -0.3 is 15.0 Å². The second-order valence-electron chi connectivity index (χ2n) is 6.84. The molecule has 1 aromatic heterocycles. The predicted molar refractivity (Wildman–Crippen MR) is 94.7 cm³/mol. The molecule has 4 rings (SSSR count). The molecule has 1 aromatic carbocycles. The van der Waals surface area contributed by atoms with Crippen LogP contribution in [0.3, 0.4) is 0 Å². The largest absolute Gasteiger partial charge is 0.481 e. The molecule has 0 bridgehead atoms. The SMILES string of the molecule is COc1cc(N2CCC3(CC2)C[C@@H](c2ccccc2)C(=O)N3)ncn1. The number of hydrogen-bond acceptors (Lipinski definition) is 5. The Labute approximate surface area is 147 Å². The molecule has 6 heteroatoms. The average Bonchev–Trinajstić information content (AvgIpc) is 2.99. The van der Waals surface area contributed by atoms with Crippen LogP contribution >= 0.6 is 0 Å². The number of benzene rings is 1. The summed E-state index contributed by atoms with van der Waals surface area (Å²) in [7, 11) is 1.61. The molecule has 3 heterocycles. The molecule has 1 spiro atoms. The highest BCUT2D eigenvalue weighted by molar-refractivity contribution is 5.87. The van der Waals surface area contributed by atoms with Gasteiger partial charge in [-0.1, -0.05) is 30.3 Å². The Morgan fingerprint density at radius 3 is 2.68 bits per heavy atom. The number of nitrogens with one attached hydrogen (secondary N) is 1. The van der Waals surface area contributed by atoms with Crippen LogP contribution in [-0.2, 0) is 4.79 Å². The number of nitrogens with zero attached hydrogens (tertiary/aromatic N) is 3. The molecule has 2 fully saturated rings. The van der Waals surface area contributed by atoms with Crippen molar-refractivity contribution < 1.29 is 9.53 Å². The minimum absolute atomic E-state index is 0.0353. The average molecular weight is 338 g/mol. The molecule has 2 aromatic rings. The van der Waals surface area contributed by atoms with Gasteiger partial charge in [0, 0.05) is 24.7 Å². The van der Waals surface area contributed by atoms with Crippen LogP contribution in [0.4, 0.5) is 5.82 Å². The number of ether oxygens (including phenoxy) is 1. The van der Waals surface area contributed by atoms with E-state index in [1.165, 1.54) is 6.33 Å². The van der Waals surface area contributed by atoms with Crippen LogP contribution in [0.15, 0.2) is 42.7 Å². The smallest absolute Gasteiger partial charge is 0.228 e. The van der Waals surface area contributed by atoms with Gasteiger partial charge in [-0.3, -0.25) is 4.79 Å². The zero-order valence-corrected chi connectivity index (χ0v) is 14.3. The van der Waals surface area contributed by atoms with Gasteiger partial charge in [0.25, 0.3) is 0 Å². The van der Waals surface area contributed by atoms with Gasteiger partial charge >= 0.3 is 0 Å². The van der Waals surface area contributed by atoms with Crippen molar-refractivity contribution in [2.24, 2.45) is 0 Å². The molecule has 0 aliphatic carbocycles. The first-order valence-corrected chi connectivity index (χ1v) is 8.67. The molecule has 2 aliphatic heterocycles. The number of amides is 1. The third-order valence-corrected chi connectivity index (χ3v) is 5.38. The fraction of sp³-hybridized carbons (Fsp3) is 0.421. The molecule has 2 saturated heterocycles. The number of hydrogen-bond donors (Lipinski definition) is 1. The lowest BCUT2D eigenvalue weighted by atomic mass is 9.82. The maximum absolute atomic E-state index is 12.5. The summed E-state index contributed by atoms with van der Waals surface area (Å²) in [6.07, 6.45) is 4.25. The lowest BCUT2D eigenvalue weighted by Gasteiger charge is -2.39. The summed E-state index contributed by atoms with van der Waals surface area (Å²) in [5.41, 5.74) is 1.02. The summed E-state index contributed by atoms with van der Waals surface area (Å²) in [6, 6.07) is 11.9. The second kappa shape index (κ2) is 6.35. The van der Waals surface area contributed by atoms with Gasteiger partial charge in [0.1, 0.15) is 12.1 Å². The first-order chi connectivity index (χ1) is 12.2. The van der Waals surface area contributed by atoms with Gasteiger partial charge in [-0.15, -0.1) is 0 Å². The van der Waals surface area contributed by atoms with Crippen molar-refractivity contribution in [1.82, 2.24) is 15.3 Å². The molecular weight excluding hydrogens is 316 g/mol. The molecule has 6 nitrogen and oxygen atoms in total. The molecule has 1 N–H and O–H groups in total. The van der Waals surface area contributed by atoms with Crippen molar-refractivity contribution in [2.75, 3.05) is 25.1 Å². The Morgan fingerprint density at radius 1 is 1.20 bits per heavy atom. The van der Waals surface area contributed by atoms with Crippen molar-refractivity contribution in [3.05, 3.63) is 48.3 Å². The van der Waals surface area contributed by atoms with Gasteiger partial charge in [0.05, 0.1) is 13.0 Å². The first-order valence-electron chi connectivity index (χ1n) is 8.67. The molecule has 2 aliphatic rings. The molecule has 25 heavy (non-hydrogen) atoms. The van der Waals surface area contributed by atoms with E-state index in [0.29, 0.717) is 5.88 Å². The Bertz CT molecular complexity index is 757. The maximum atomic E-state index is 12.5. The normalized spacial score (nSPS) is 22.0. The highest BCUT2D eigenvalue weighted by atomic mass is 16.5. The van der Waals surface area contributed by atoms with Gasteiger partial charge in [-0.25, -0.2) is 9.97 Å². The Morgan fingerprint density at radius 2 is 1.96 bits per heavy atom. The van der Waals surface area contributed by atoms with E-state index in [-0.39, 0.29) is 17.4 Å². The summed E-state index contributed by atoms with van der Waals surface area (Å²) in [5, 5.41) is 3.29. The minimum Gasteiger partial charge on any atom is -0.481 e. The second-order valence-corrected chi connectivity index (χ2v) is 6.84. The molecule has 1 atom stereocenters. The number of aromatic nitrogens is 2. The zero-order valence-electron chi connectivity index (χ0n) is 14.3. The van der Waals surface area contributed by atoms with E-state index in [4.69, 9.17) is 4.74 Å². The number of carbonyl (C=O) groups is 1. The monoisotopic (exact) mass is 338 g/mol. The lowest BCUT2D eigenvalue weighted by Crippen LogP contribution is -2.51. The van der Waals surface area contributed by atoms with Crippen molar-refractivity contribution in [1.29, 1.82) is 0 Å². The molecule has 0 unspecified atom stereocenters. The van der Waals surface area contributed by atoms with Crippen LogP contribution in [0.2, 0.25) is 0 Å². The van der Waals surface area contributed by atoms with Gasteiger partial charge in [0.15, 0.2) is 0 Å². The van der Waals surface area contributed by atoms with Crippen LogP contribution in [0.1, 0.15) is 30.7 Å². The third kappa shape index (κ3) is 3.04. The Kier molecular flexibility index (Phi) is 4.03. The fourth-order valence-electron chi connectivity index (χ4n) is 3.94. The van der Waals surface area contributed by atoms with Crippen LogP contribution in [-0.4, -0.2) is 41.6 Å². The predicted octanol–water partition coefficient (Wildman–Crippen LogP) is 2.13. The number of rotatable bonds is 3. The third-order valence-electron chi connectivity index (χ3n) is 5.38. The Balaban J connectivity index is 1.45. The highest BCUT2D eigenvalue weighted by Crippen LogP contribution is 2.39. The topological polar surface area (TPSA) is 67.3 Å². The first kappa shape index (κ1) is 15.9. The van der Waals surface area contributed by atoms with Crippen LogP contribution in [0, 0.1) is 0 Å². The van der Waals surface area contributed by atoms with E-state index in [1.54, 1.807) is 7.11 Å². The highest BCUT2D eigenvalue weighted by Gasteiger charge is 2.46. The van der Waals surface area contributed by atoms with E-state index < -0.39 is 0 Å². The zero-order chi connectivity index (χ0) is 17.3. The number of methoxy groups -OCH3 is 1. The number of anilines is 1. The van der Waals surface area contributed by atoms with Crippen LogP contribution in [0.25, 0.3) is 0 Å². The van der Waals surface area contributed by atoms with Crippen molar-refractivity contribution in [3.8, 4) is 5.88 Å². The summed E-state index contributed by atoms with van der Waals surface area (Å²) < 4.78 is 5.18. The molecule has 0 radical (unpaired) electrons. The number of carbonyl (C=O) groups excluding carboxylic acids is 1. The van der Waals surface area contributed by atoms with Crippen molar-refractivity contribution in [3.63, 3.8) is 0 Å². The van der Waals surface area contributed by atoms with Crippen LogP contribution < -0.4 is 15.0 Å². The molecule has 0 saturated carbocycles. The van der Waals surface area contributed by atoms with E-state index in [9.17, 15) is 4.79 Å². The molecule has 130 valence electrons. The summed E-state index contributed by atoms with van der Waals surface area (Å²) >= 11 is 0. The van der Waals surface area contributed by atoms with Crippen molar-refractivity contribution >= 4 is 11.7 Å². The Hall–Kier alpha value is -2.63. The van der Waals surface area contributed by atoms with E-state index in [1.807, 2.05) is 36.4 Å². The van der Waals surface area contributed by atoms with Crippen LogP contribution in [0.5, 0.6) is 5.88 Å². The molecular formula is C19H22N4O2.